The van der Waals surface area contributed by atoms with Gasteiger partial charge < -0.3 is 19.3 Å². The average Bonchev–Trinajstić information content (AvgIpc) is 3.12. The highest BCUT2D eigenvalue weighted by Crippen LogP contribution is 2.22. The first-order valence-electron chi connectivity index (χ1n) is 8.04. The predicted octanol–water partition coefficient (Wildman–Crippen LogP) is -0.0895. The van der Waals surface area contributed by atoms with Crippen molar-refractivity contribution in [2.75, 3.05) is 71.0 Å². The summed E-state index contributed by atoms with van der Waals surface area (Å²) in [6.45, 7) is 5.83. The van der Waals surface area contributed by atoms with Gasteiger partial charge >= 0.3 is 5.97 Å². The van der Waals surface area contributed by atoms with Crippen LogP contribution in [0.2, 0.25) is 0 Å². The standard InChI is InChI=1S/C15H22N4O4S/c1-22-13(20)10-17-2-4-18(5-3-17)14(21)12-11-24-15(16-12)19-6-8-23-9-7-19/h11H,2-10H2,1H3. The average molecular weight is 354 g/mol. The molecule has 0 atom stereocenters. The van der Waals surface area contributed by atoms with Crippen LogP contribution in [0.3, 0.4) is 0 Å². The van der Waals surface area contributed by atoms with E-state index in [4.69, 9.17) is 4.74 Å². The molecule has 2 aliphatic heterocycles. The molecule has 132 valence electrons. The largest absolute Gasteiger partial charge is 0.468 e. The zero-order valence-electron chi connectivity index (χ0n) is 13.8. The molecule has 2 fully saturated rings. The molecule has 1 aromatic rings. The summed E-state index contributed by atoms with van der Waals surface area (Å²) in [6.07, 6.45) is 0. The zero-order valence-corrected chi connectivity index (χ0v) is 14.6. The van der Waals surface area contributed by atoms with Crippen molar-refractivity contribution in [1.29, 1.82) is 0 Å². The highest BCUT2D eigenvalue weighted by molar-refractivity contribution is 7.13. The zero-order chi connectivity index (χ0) is 16.9. The first-order chi connectivity index (χ1) is 11.7. The van der Waals surface area contributed by atoms with Gasteiger partial charge in [0.1, 0.15) is 5.69 Å². The maximum absolute atomic E-state index is 12.6. The molecule has 0 N–H and O–H groups in total. The number of thiazole rings is 1. The Morgan fingerprint density at radius 1 is 1.21 bits per heavy atom. The molecule has 0 aliphatic carbocycles. The molecule has 0 saturated carbocycles. The number of piperazine rings is 1. The lowest BCUT2D eigenvalue weighted by molar-refractivity contribution is -0.142. The van der Waals surface area contributed by atoms with Crippen molar-refractivity contribution in [3.05, 3.63) is 11.1 Å². The van der Waals surface area contributed by atoms with Gasteiger partial charge in [0.05, 0.1) is 26.9 Å². The number of ether oxygens (including phenoxy) is 2. The number of aromatic nitrogens is 1. The van der Waals surface area contributed by atoms with Gasteiger partial charge in [-0.25, -0.2) is 4.98 Å². The lowest BCUT2D eigenvalue weighted by Gasteiger charge is -2.33. The molecule has 2 saturated heterocycles. The highest BCUT2D eigenvalue weighted by atomic mass is 32.1. The fraction of sp³-hybridized carbons (Fsp3) is 0.667. The molecule has 3 rings (SSSR count). The molecule has 0 radical (unpaired) electrons. The second kappa shape index (κ2) is 7.91. The van der Waals surface area contributed by atoms with Crippen LogP contribution < -0.4 is 4.90 Å². The number of nitrogens with zero attached hydrogens (tertiary/aromatic N) is 4. The molecule has 24 heavy (non-hydrogen) atoms. The first kappa shape index (κ1) is 17.1. The molecule has 0 spiro atoms. The van der Waals surface area contributed by atoms with Crippen molar-refractivity contribution in [3.8, 4) is 0 Å². The van der Waals surface area contributed by atoms with Gasteiger partial charge in [0, 0.05) is 44.6 Å². The minimum Gasteiger partial charge on any atom is -0.468 e. The van der Waals surface area contributed by atoms with Gasteiger partial charge in [-0.05, 0) is 0 Å². The Balaban J connectivity index is 1.54. The number of rotatable bonds is 4. The van der Waals surface area contributed by atoms with Crippen molar-refractivity contribution in [3.63, 3.8) is 0 Å². The van der Waals surface area contributed by atoms with Gasteiger partial charge in [-0.3, -0.25) is 14.5 Å². The molecule has 8 nitrogen and oxygen atoms in total. The minimum absolute atomic E-state index is 0.0384. The summed E-state index contributed by atoms with van der Waals surface area (Å²) in [5.74, 6) is -0.284. The predicted molar refractivity (Wildman–Crippen MR) is 89.5 cm³/mol. The van der Waals surface area contributed by atoms with Crippen LogP contribution in [0.25, 0.3) is 0 Å². The summed E-state index contributed by atoms with van der Waals surface area (Å²) >= 11 is 1.50. The highest BCUT2D eigenvalue weighted by Gasteiger charge is 2.25. The summed E-state index contributed by atoms with van der Waals surface area (Å²) in [7, 11) is 1.39. The van der Waals surface area contributed by atoms with Crippen LogP contribution in [0.5, 0.6) is 0 Å². The summed E-state index contributed by atoms with van der Waals surface area (Å²) in [4.78, 5) is 34.3. The third-order valence-corrected chi connectivity index (χ3v) is 5.13. The van der Waals surface area contributed by atoms with E-state index < -0.39 is 0 Å². The van der Waals surface area contributed by atoms with E-state index in [0.717, 1.165) is 18.2 Å². The van der Waals surface area contributed by atoms with E-state index >= 15 is 0 Å². The number of hydrogen-bond acceptors (Lipinski definition) is 8. The van der Waals surface area contributed by atoms with Crippen LogP contribution in [0.1, 0.15) is 10.5 Å². The molecule has 0 unspecified atom stereocenters. The number of anilines is 1. The lowest BCUT2D eigenvalue weighted by Crippen LogP contribution is -2.50. The number of hydrogen-bond donors (Lipinski definition) is 0. The van der Waals surface area contributed by atoms with E-state index in [2.05, 4.69) is 14.6 Å². The summed E-state index contributed by atoms with van der Waals surface area (Å²) in [5, 5.41) is 2.71. The summed E-state index contributed by atoms with van der Waals surface area (Å²) in [5.41, 5.74) is 0.503. The van der Waals surface area contributed by atoms with Crippen molar-refractivity contribution in [1.82, 2.24) is 14.8 Å². The van der Waals surface area contributed by atoms with Crippen LogP contribution in [-0.2, 0) is 14.3 Å². The van der Waals surface area contributed by atoms with Crippen LogP contribution in [0.15, 0.2) is 5.38 Å². The topological polar surface area (TPSA) is 75.2 Å². The Morgan fingerprint density at radius 2 is 1.92 bits per heavy atom. The maximum atomic E-state index is 12.6. The molecule has 1 aromatic heterocycles. The molecule has 0 bridgehead atoms. The van der Waals surface area contributed by atoms with Gasteiger partial charge in [-0.15, -0.1) is 11.3 Å². The van der Waals surface area contributed by atoms with E-state index in [1.165, 1.54) is 18.4 Å². The molecular formula is C15H22N4O4S. The van der Waals surface area contributed by atoms with Crippen molar-refractivity contribution in [2.45, 2.75) is 0 Å². The molecule has 1 amide bonds. The number of carbonyl (C=O) groups excluding carboxylic acids is 2. The maximum Gasteiger partial charge on any atom is 0.319 e. The SMILES string of the molecule is COC(=O)CN1CCN(C(=O)c2csc(N3CCOCC3)n2)CC1. The summed E-state index contributed by atoms with van der Waals surface area (Å²) < 4.78 is 10.0. The van der Waals surface area contributed by atoms with Gasteiger partial charge in [0.15, 0.2) is 5.13 Å². The Hall–Kier alpha value is -1.71. The monoisotopic (exact) mass is 354 g/mol. The third-order valence-electron chi connectivity index (χ3n) is 4.23. The molecule has 9 heteroatoms. The Morgan fingerprint density at radius 3 is 2.58 bits per heavy atom. The second-order valence-corrected chi connectivity index (χ2v) is 6.60. The van der Waals surface area contributed by atoms with Crippen molar-refractivity contribution >= 4 is 28.3 Å². The van der Waals surface area contributed by atoms with E-state index in [9.17, 15) is 9.59 Å². The third kappa shape index (κ3) is 4.03. The molecule has 3 heterocycles. The van der Waals surface area contributed by atoms with E-state index in [1.807, 2.05) is 10.3 Å². The van der Waals surface area contributed by atoms with Crippen LogP contribution in [0, 0.1) is 0 Å². The molecule has 2 aliphatic rings. The normalized spacial score (nSPS) is 19.4. The lowest BCUT2D eigenvalue weighted by atomic mass is 10.3. The van der Waals surface area contributed by atoms with Gasteiger partial charge in [0.2, 0.25) is 0 Å². The Bertz CT molecular complexity index is 580. The van der Waals surface area contributed by atoms with E-state index in [0.29, 0.717) is 45.1 Å². The van der Waals surface area contributed by atoms with Gasteiger partial charge in [-0.2, -0.15) is 0 Å². The van der Waals surface area contributed by atoms with Crippen molar-refractivity contribution in [2.24, 2.45) is 0 Å². The first-order valence-corrected chi connectivity index (χ1v) is 8.92. The van der Waals surface area contributed by atoms with Crippen LogP contribution >= 0.6 is 11.3 Å². The number of esters is 1. The van der Waals surface area contributed by atoms with Crippen molar-refractivity contribution < 1.29 is 19.1 Å². The van der Waals surface area contributed by atoms with Gasteiger partial charge in [0.25, 0.3) is 5.91 Å². The number of amides is 1. The fourth-order valence-electron chi connectivity index (χ4n) is 2.78. The smallest absolute Gasteiger partial charge is 0.319 e. The number of methoxy groups -OCH3 is 1. The second-order valence-electron chi connectivity index (χ2n) is 5.76. The number of carbonyl (C=O) groups is 2. The number of morpholine rings is 1. The Kier molecular flexibility index (Phi) is 5.64. The van der Waals surface area contributed by atoms with E-state index in [-0.39, 0.29) is 18.4 Å². The Labute approximate surface area is 144 Å². The van der Waals surface area contributed by atoms with E-state index in [1.54, 1.807) is 4.90 Å². The quantitative estimate of drug-likeness (QED) is 0.700. The summed E-state index contributed by atoms with van der Waals surface area (Å²) in [6, 6.07) is 0. The van der Waals surface area contributed by atoms with Crippen LogP contribution in [0.4, 0.5) is 5.13 Å². The van der Waals surface area contributed by atoms with Crippen LogP contribution in [-0.4, -0.2) is 92.8 Å². The fourth-order valence-corrected chi connectivity index (χ4v) is 3.63. The molecule has 0 aromatic carbocycles. The molecular weight excluding hydrogens is 332 g/mol. The van der Waals surface area contributed by atoms with Gasteiger partial charge in [-0.1, -0.05) is 0 Å². The minimum atomic E-state index is -0.246.